The third-order valence-corrected chi connectivity index (χ3v) is 9.82. The largest absolute Gasteiger partial charge is 0.481 e. The Kier molecular flexibility index (Phi) is 13.3. The van der Waals surface area contributed by atoms with E-state index in [0.29, 0.717) is 19.4 Å². The fraction of sp³-hybridized carbons (Fsp3) is 0.415. The first kappa shape index (κ1) is 37.1. The van der Waals surface area contributed by atoms with Gasteiger partial charge < -0.3 is 29.9 Å². The average molecular weight is 708 g/mol. The summed E-state index contributed by atoms with van der Waals surface area (Å²) in [5, 5.41) is 21.4. The van der Waals surface area contributed by atoms with Crippen molar-refractivity contribution in [2.24, 2.45) is 0 Å². The van der Waals surface area contributed by atoms with Crippen LogP contribution in [0.5, 0.6) is 0 Å². The van der Waals surface area contributed by atoms with Crippen molar-refractivity contribution in [2.75, 3.05) is 37.6 Å². The Balaban J connectivity index is 1.09. The second-order valence-electron chi connectivity index (χ2n) is 13.6. The van der Waals surface area contributed by atoms with Gasteiger partial charge in [0.25, 0.3) is 0 Å². The van der Waals surface area contributed by atoms with Gasteiger partial charge in [0.05, 0.1) is 18.8 Å². The van der Waals surface area contributed by atoms with E-state index in [-0.39, 0.29) is 31.1 Å². The summed E-state index contributed by atoms with van der Waals surface area (Å²) in [6.07, 6.45) is 7.18. The minimum absolute atomic E-state index is 0.000405. The van der Waals surface area contributed by atoms with Crippen LogP contribution in [0, 0.1) is 0 Å². The predicted molar refractivity (Wildman–Crippen MR) is 198 cm³/mol. The van der Waals surface area contributed by atoms with Crippen LogP contribution in [0.2, 0.25) is 0 Å². The molecule has 1 amide bonds. The summed E-state index contributed by atoms with van der Waals surface area (Å²) in [5.74, 6) is -0.00986. The van der Waals surface area contributed by atoms with Gasteiger partial charge in [0, 0.05) is 76.5 Å². The van der Waals surface area contributed by atoms with E-state index in [9.17, 15) is 14.7 Å². The van der Waals surface area contributed by atoms with Gasteiger partial charge in [0.1, 0.15) is 0 Å². The first-order valence-corrected chi connectivity index (χ1v) is 18.4. The molecule has 0 spiro atoms. The van der Waals surface area contributed by atoms with E-state index in [1.54, 1.807) is 12.4 Å². The summed E-state index contributed by atoms with van der Waals surface area (Å²) < 4.78 is 13.3. The lowest BCUT2D eigenvalue weighted by Gasteiger charge is -2.40. The maximum atomic E-state index is 12.6. The van der Waals surface area contributed by atoms with E-state index >= 15 is 0 Å². The van der Waals surface area contributed by atoms with Gasteiger partial charge in [-0.25, -0.2) is 9.97 Å². The highest BCUT2D eigenvalue weighted by atomic mass is 16.7. The molecule has 3 aromatic carbocycles. The van der Waals surface area contributed by atoms with Crippen LogP contribution in [0.25, 0.3) is 11.1 Å². The molecule has 0 bridgehead atoms. The molecule has 274 valence electrons. The molecule has 11 heteroatoms. The molecule has 6 rings (SSSR count). The topological polar surface area (TPSA) is 137 Å². The fourth-order valence-corrected chi connectivity index (χ4v) is 6.88. The molecule has 11 nitrogen and oxygen atoms in total. The number of nitrogens with zero attached hydrogens (tertiary/aromatic N) is 4. The Morgan fingerprint density at radius 2 is 1.48 bits per heavy atom. The number of unbranched alkanes of at least 4 members (excludes halogenated alkanes) is 3. The minimum atomic E-state index is -0.776. The quantitative estimate of drug-likeness (QED) is 0.118. The maximum absolute atomic E-state index is 12.6. The van der Waals surface area contributed by atoms with E-state index < -0.39 is 12.3 Å². The highest BCUT2D eigenvalue weighted by Gasteiger charge is 2.34. The number of carboxylic acids is 1. The molecule has 3 heterocycles. The van der Waals surface area contributed by atoms with Crippen molar-refractivity contribution in [2.45, 2.75) is 76.6 Å². The number of aromatic nitrogens is 2. The number of carbonyl (C=O) groups is 2. The van der Waals surface area contributed by atoms with Crippen molar-refractivity contribution < 1.29 is 29.3 Å². The van der Waals surface area contributed by atoms with E-state index in [1.165, 1.54) is 0 Å². The number of carboxylic acid groups (broad SMARTS) is 1. The number of aliphatic hydroxyl groups excluding tert-OH is 1. The molecule has 0 aliphatic carbocycles. The Hall–Kier alpha value is -4.68. The number of aliphatic hydroxyl groups is 1. The zero-order valence-corrected chi connectivity index (χ0v) is 29.6. The lowest BCUT2D eigenvalue weighted by Crippen LogP contribution is -2.50. The number of hydrogen-bond donors (Lipinski definition) is 3. The molecular weight excluding hydrogens is 658 g/mol. The van der Waals surface area contributed by atoms with Gasteiger partial charge in [-0.3, -0.25) is 14.5 Å². The molecule has 3 atom stereocenters. The molecule has 2 fully saturated rings. The van der Waals surface area contributed by atoms with Gasteiger partial charge in [-0.1, -0.05) is 85.6 Å². The Labute approximate surface area is 305 Å². The number of hydrogen-bond acceptors (Lipinski definition) is 9. The first-order valence-electron chi connectivity index (χ1n) is 18.4. The second kappa shape index (κ2) is 18.7. The summed E-state index contributed by atoms with van der Waals surface area (Å²) in [6.45, 7) is 4.70. The van der Waals surface area contributed by atoms with Crippen LogP contribution < -0.4 is 10.2 Å². The summed E-state index contributed by atoms with van der Waals surface area (Å²) >= 11 is 0. The third kappa shape index (κ3) is 10.4. The summed E-state index contributed by atoms with van der Waals surface area (Å²) in [6, 6.07) is 26.2. The predicted octanol–water partition coefficient (Wildman–Crippen LogP) is 6.04. The SMILES string of the molecule is O=C(O)CCCCCCC(=O)NCc1ccccc1-c1ccc([C@H]2O[C@@H](CN3CCN(c4ncccn4)CC3)C[C@@H](c3ccc(CO)cc3)O2)cc1. The van der Waals surface area contributed by atoms with Crippen LogP contribution >= 0.6 is 0 Å². The first-order chi connectivity index (χ1) is 25.4. The molecular formula is C41H49N5O6. The average Bonchev–Trinajstić information content (AvgIpc) is 3.19. The normalized spacial score (nSPS) is 19.3. The van der Waals surface area contributed by atoms with Crippen LogP contribution in [0.3, 0.4) is 0 Å². The number of amides is 1. The van der Waals surface area contributed by atoms with Gasteiger partial charge in [-0.2, -0.15) is 0 Å². The lowest BCUT2D eigenvalue weighted by atomic mass is 9.97. The van der Waals surface area contributed by atoms with Crippen molar-refractivity contribution in [1.29, 1.82) is 0 Å². The van der Waals surface area contributed by atoms with Crippen molar-refractivity contribution in [3.63, 3.8) is 0 Å². The summed E-state index contributed by atoms with van der Waals surface area (Å²) in [5.41, 5.74) is 5.98. The maximum Gasteiger partial charge on any atom is 0.303 e. The van der Waals surface area contributed by atoms with Crippen LogP contribution in [-0.4, -0.2) is 75.8 Å². The number of benzene rings is 3. The Morgan fingerprint density at radius 1 is 0.788 bits per heavy atom. The number of piperazine rings is 1. The number of carbonyl (C=O) groups excluding carboxylic acids is 1. The minimum Gasteiger partial charge on any atom is -0.481 e. The smallest absolute Gasteiger partial charge is 0.303 e. The Morgan fingerprint density at radius 3 is 2.19 bits per heavy atom. The van der Waals surface area contributed by atoms with Crippen molar-refractivity contribution in [3.05, 3.63) is 114 Å². The molecule has 52 heavy (non-hydrogen) atoms. The fourth-order valence-electron chi connectivity index (χ4n) is 6.88. The number of nitrogens with one attached hydrogen (secondary N) is 1. The molecule has 2 saturated heterocycles. The number of aliphatic carboxylic acids is 1. The van der Waals surface area contributed by atoms with Gasteiger partial charge in [0.2, 0.25) is 11.9 Å². The highest BCUT2D eigenvalue weighted by Crippen LogP contribution is 2.39. The van der Waals surface area contributed by atoms with Gasteiger partial charge in [-0.05, 0) is 46.7 Å². The van der Waals surface area contributed by atoms with Crippen LogP contribution in [-0.2, 0) is 32.2 Å². The summed E-state index contributed by atoms with van der Waals surface area (Å²) in [7, 11) is 0. The summed E-state index contributed by atoms with van der Waals surface area (Å²) in [4.78, 5) is 36.7. The van der Waals surface area contributed by atoms with Gasteiger partial charge in [-0.15, -0.1) is 0 Å². The van der Waals surface area contributed by atoms with Crippen LogP contribution in [0.1, 0.15) is 79.6 Å². The number of rotatable bonds is 16. The molecule has 0 unspecified atom stereocenters. The number of anilines is 1. The molecule has 2 aliphatic rings. The van der Waals surface area contributed by atoms with E-state index in [4.69, 9.17) is 14.6 Å². The molecule has 0 radical (unpaired) electrons. The van der Waals surface area contributed by atoms with Crippen LogP contribution in [0.4, 0.5) is 5.95 Å². The zero-order chi connectivity index (χ0) is 36.1. The van der Waals surface area contributed by atoms with E-state index in [1.807, 2.05) is 48.5 Å². The molecule has 4 aromatic rings. The van der Waals surface area contributed by atoms with Crippen LogP contribution in [0.15, 0.2) is 91.3 Å². The van der Waals surface area contributed by atoms with Gasteiger partial charge >= 0.3 is 5.97 Å². The monoisotopic (exact) mass is 707 g/mol. The third-order valence-electron chi connectivity index (χ3n) is 9.82. The van der Waals surface area contributed by atoms with E-state index in [2.05, 4.69) is 55.4 Å². The van der Waals surface area contributed by atoms with Gasteiger partial charge in [0.15, 0.2) is 6.29 Å². The Bertz CT molecular complexity index is 1710. The highest BCUT2D eigenvalue weighted by molar-refractivity contribution is 5.76. The molecule has 1 aromatic heterocycles. The lowest BCUT2D eigenvalue weighted by molar-refractivity contribution is -0.253. The van der Waals surface area contributed by atoms with E-state index in [0.717, 1.165) is 97.7 Å². The van der Waals surface area contributed by atoms with Crippen molar-refractivity contribution in [1.82, 2.24) is 20.2 Å². The second-order valence-corrected chi connectivity index (χ2v) is 13.6. The van der Waals surface area contributed by atoms with Crippen molar-refractivity contribution >= 4 is 17.8 Å². The van der Waals surface area contributed by atoms with Crippen molar-refractivity contribution in [3.8, 4) is 11.1 Å². The number of ether oxygens (including phenoxy) is 2. The standard InChI is InChI=1S/C41H49N5O6/c47-29-30-12-14-32(15-13-30)37-26-35(28-45-22-24-46(25-23-45)41-42-20-7-21-43-41)51-40(52-37)33-18-16-31(17-19-33)36-9-6-5-8-34(36)27-44-38(48)10-3-1-2-4-11-39(49)50/h5-9,12-21,35,37,40,47H,1-4,10-11,22-29H2,(H,44,48)(H,49,50)/t35-,37+,40+/m1/s1. The zero-order valence-electron chi connectivity index (χ0n) is 29.6. The molecule has 0 saturated carbocycles. The molecule has 2 aliphatic heterocycles. The molecule has 3 N–H and O–H groups in total.